The first-order chi connectivity index (χ1) is 10.4. The van der Waals surface area contributed by atoms with Crippen molar-refractivity contribution >= 4 is 12.2 Å². The van der Waals surface area contributed by atoms with Crippen molar-refractivity contribution in [1.82, 2.24) is 16.0 Å². The van der Waals surface area contributed by atoms with Crippen LogP contribution in [-0.4, -0.2) is 49.1 Å². The van der Waals surface area contributed by atoms with E-state index in [9.17, 15) is 9.59 Å². The second-order valence-electron chi connectivity index (χ2n) is 7.37. The van der Waals surface area contributed by atoms with E-state index in [-0.39, 0.29) is 6.04 Å². The van der Waals surface area contributed by atoms with Crippen molar-refractivity contribution < 1.29 is 19.1 Å². The van der Waals surface area contributed by atoms with Gasteiger partial charge in [0.05, 0.1) is 0 Å². The molecule has 0 aromatic heterocycles. The fourth-order valence-electron chi connectivity index (χ4n) is 1.64. The highest BCUT2D eigenvalue weighted by molar-refractivity contribution is 5.68. The van der Waals surface area contributed by atoms with Crippen molar-refractivity contribution in [2.45, 2.75) is 72.1 Å². The van der Waals surface area contributed by atoms with Gasteiger partial charge in [0.15, 0.2) is 0 Å². The molecular weight excluding hydrogens is 298 g/mol. The average molecular weight is 331 g/mol. The van der Waals surface area contributed by atoms with Gasteiger partial charge in [0, 0.05) is 25.7 Å². The van der Waals surface area contributed by atoms with E-state index in [4.69, 9.17) is 9.47 Å². The van der Waals surface area contributed by atoms with E-state index in [1.165, 1.54) is 0 Å². The Kier molecular flexibility index (Phi) is 8.97. The average Bonchev–Trinajstić information content (AvgIpc) is 2.33. The van der Waals surface area contributed by atoms with Crippen LogP contribution >= 0.6 is 0 Å². The SMILES string of the molecule is CCC(CNC(=O)OC(C)(C)C)NCCNC(=O)OC(C)(C)C. The minimum absolute atomic E-state index is 0.114. The van der Waals surface area contributed by atoms with Gasteiger partial charge in [-0.05, 0) is 48.0 Å². The summed E-state index contributed by atoms with van der Waals surface area (Å²) in [6.45, 7) is 14.5. The van der Waals surface area contributed by atoms with Gasteiger partial charge in [-0.2, -0.15) is 0 Å². The molecule has 0 bridgehead atoms. The Labute approximate surface area is 139 Å². The quantitative estimate of drug-likeness (QED) is 0.623. The van der Waals surface area contributed by atoms with Crippen LogP contribution in [0.4, 0.5) is 9.59 Å². The van der Waals surface area contributed by atoms with E-state index in [0.29, 0.717) is 19.6 Å². The molecule has 3 N–H and O–H groups in total. The highest BCUT2D eigenvalue weighted by atomic mass is 16.6. The molecule has 7 nitrogen and oxygen atoms in total. The summed E-state index contributed by atoms with van der Waals surface area (Å²) in [5.41, 5.74) is -1.00. The molecule has 2 amide bonds. The predicted molar refractivity (Wildman–Crippen MR) is 90.6 cm³/mol. The van der Waals surface area contributed by atoms with Crippen LogP contribution in [0.3, 0.4) is 0 Å². The smallest absolute Gasteiger partial charge is 0.407 e. The minimum atomic E-state index is -0.503. The molecule has 0 radical (unpaired) electrons. The molecular formula is C16H33N3O4. The number of nitrogens with one attached hydrogen (secondary N) is 3. The Bertz CT molecular complexity index is 373. The number of carbonyl (C=O) groups excluding carboxylic acids is 2. The number of ether oxygens (including phenoxy) is 2. The van der Waals surface area contributed by atoms with Crippen LogP contribution in [0.5, 0.6) is 0 Å². The number of rotatable bonds is 7. The summed E-state index contributed by atoms with van der Waals surface area (Å²) < 4.78 is 10.3. The Morgan fingerprint density at radius 1 is 0.870 bits per heavy atom. The van der Waals surface area contributed by atoms with Gasteiger partial charge in [-0.15, -0.1) is 0 Å². The van der Waals surface area contributed by atoms with Crippen molar-refractivity contribution in [3.05, 3.63) is 0 Å². The maximum absolute atomic E-state index is 11.6. The molecule has 0 aliphatic heterocycles. The molecule has 1 unspecified atom stereocenters. The standard InChI is InChI=1S/C16H33N3O4/c1-8-12(11-19-14(21)23-16(5,6)7)17-9-10-18-13(20)22-15(2,3)4/h12,17H,8-11H2,1-7H3,(H,18,20)(H,19,21). The third-order valence-electron chi connectivity index (χ3n) is 2.61. The molecule has 0 heterocycles. The molecule has 136 valence electrons. The van der Waals surface area contributed by atoms with Crippen molar-refractivity contribution in [3.8, 4) is 0 Å². The molecule has 0 aliphatic carbocycles. The summed E-state index contributed by atoms with van der Waals surface area (Å²) in [5, 5.41) is 8.68. The zero-order valence-corrected chi connectivity index (χ0v) is 15.5. The van der Waals surface area contributed by atoms with Crippen LogP contribution in [0.2, 0.25) is 0 Å². The fourth-order valence-corrected chi connectivity index (χ4v) is 1.64. The number of amides is 2. The van der Waals surface area contributed by atoms with E-state index in [0.717, 1.165) is 6.42 Å². The Hall–Kier alpha value is -1.50. The number of alkyl carbamates (subject to hydrolysis) is 2. The summed E-state index contributed by atoms with van der Waals surface area (Å²) in [5.74, 6) is 0. The molecule has 0 aromatic carbocycles. The second kappa shape index (κ2) is 9.60. The monoisotopic (exact) mass is 331 g/mol. The fraction of sp³-hybridized carbons (Fsp3) is 0.875. The molecule has 0 saturated heterocycles. The lowest BCUT2D eigenvalue weighted by Gasteiger charge is -2.22. The van der Waals surface area contributed by atoms with Gasteiger partial charge >= 0.3 is 12.2 Å². The largest absolute Gasteiger partial charge is 0.444 e. The van der Waals surface area contributed by atoms with Crippen LogP contribution in [0, 0.1) is 0 Å². The topological polar surface area (TPSA) is 88.7 Å². The van der Waals surface area contributed by atoms with Crippen LogP contribution in [0.25, 0.3) is 0 Å². The summed E-state index contributed by atoms with van der Waals surface area (Å²) in [6, 6.07) is 0.114. The van der Waals surface area contributed by atoms with Gasteiger partial charge in [0.1, 0.15) is 11.2 Å². The molecule has 0 fully saturated rings. The third kappa shape index (κ3) is 13.9. The van der Waals surface area contributed by atoms with E-state index >= 15 is 0 Å². The van der Waals surface area contributed by atoms with E-state index in [1.54, 1.807) is 0 Å². The lowest BCUT2D eigenvalue weighted by atomic mass is 10.2. The first-order valence-electron chi connectivity index (χ1n) is 8.10. The molecule has 0 saturated carbocycles. The second-order valence-corrected chi connectivity index (χ2v) is 7.37. The zero-order chi connectivity index (χ0) is 18.1. The van der Waals surface area contributed by atoms with Crippen molar-refractivity contribution in [3.63, 3.8) is 0 Å². The van der Waals surface area contributed by atoms with Gasteiger partial charge in [-0.1, -0.05) is 6.92 Å². The third-order valence-corrected chi connectivity index (χ3v) is 2.61. The first kappa shape index (κ1) is 21.5. The zero-order valence-electron chi connectivity index (χ0n) is 15.5. The van der Waals surface area contributed by atoms with E-state index in [2.05, 4.69) is 16.0 Å². The van der Waals surface area contributed by atoms with Crippen LogP contribution in [-0.2, 0) is 9.47 Å². The normalized spacial score (nSPS) is 13.2. The molecule has 0 rings (SSSR count). The van der Waals surface area contributed by atoms with Crippen molar-refractivity contribution in [2.75, 3.05) is 19.6 Å². The summed E-state index contributed by atoms with van der Waals surface area (Å²) >= 11 is 0. The maximum Gasteiger partial charge on any atom is 0.407 e. The summed E-state index contributed by atoms with van der Waals surface area (Å²) in [6.07, 6.45) is -0.00810. The molecule has 23 heavy (non-hydrogen) atoms. The van der Waals surface area contributed by atoms with E-state index < -0.39 is 23.4 Å². The van der Waals surface area contributed by atoms with Crippen molar-refractivity contribution in [1.29, 1.82) is 0 Å². The molecule has 7 heteroatoms. The van der Waals surface area contributed by atoms with Crippen LogP contribution in [0.15, 0.2) is 0 Å². The lowest BCUT2D eigenvalue weighted by molar-refractivity contribution is 0.0518. The van der Waals surface area contributed by atoms with Gasteiger partial charge < -0.3 is 25.4 Å². The Morgan fingerprint density at radius 3 is 1.78 bits per heavy atom. The minimum Gasteiger partial charge on any atom is -0.444 e. The Morgan fingerprint density at radius 2 is 1.35 bits per heavy atom. The van der Waals surface area contributed by atoms with E-state index in [1.807, 2.05) is 48.5 Å². The molecule has 1 atom stereocenters. The first-order valence-corrected chi connectivity index (χ1v) is 8.10. The highest BCUT2D eigenvalue weighted by Crippen LogP contribution is 2.07. The highest BCUT2D eigenvalue weighted by Gasteiger charge is 2.17. The van der Waals surface area contributed by atoms with Crippen molar-refractivity contribution in [2.24, 2.45) is 0 Å². The Balaban J connectivity index is 3.90. The predicted octanol–water partition coefficient (Wildman–Crippen LogP) is 2.40. The lowest BCUT2D eigenvalue weighted by Crippen LogP contribution is -2.45. The number of hydrogen-bond acceptors (Lipinski definition) is 5. The summed E-state index contributed by atoms with van der Waals surface area (Å²) in [7, 11) is 0. The van der Waals surface area contributed by atoms with Crippen LogP contribution < -0.4 is 16.0 Å². The molecule has 0 spiro atoms. The number of carbonyl (C=O) groups is 2. The number of hydrogen-bond donors (Lipinski definition) is 3. The van der Waals surface area contributed by atoms with Gasteiger partial charge in [-0.3, -0.25) is 0 Å². The summed E-state index contributed by atoms with van der Waals surface area (Å²) in [4.78, 5) is 23.1. The van der Waals surface area contributed by atoms with Crippen LogP contribution in [0.1, 0.15) is 54.9 Å². The maximum atomic E-state index is 11.6. The van der Waals surface area contributed by atoms with Gasteiger partial charge in [-0.25, -0.2) is 9.59 Å². The van der Waals surface area contributed by atoms with Gasteiger partial charge in [0.25, 0.3) is 0 Å². The van der Waals surface area contributed by atoms with Gasteiger partial charge in [0.2, 0.25) is 0 Å². The molecule has 0 aliphatic rings. The molecule has 0 aromatic rings.